The van der Waals surface area contributed by atoms with Gasteiger partial charge in [0.15, 0.2) is 0 Å². The van der Waals surface area contributed by atoms with Crippen LogP contribution in [0.15, 0.2) is 199 Å². The Balaban J connectivity index is 1.04. The molecule has 0 saturated carbocycles. The van der Waals surface area contributed by atoms with Gasteiger partial charge >= 0.3 is 0 Å². The number of fused-ring (bicyclic) bond motifs is 18. The first-order valence-corrected chi connectivity index (χ1v) is 22.0. The quantitative estimate of drug-likeness (QED) is 0.178. The molecule has 0 spiro atoms. The zero-order chi connectivity index (χ0) is 41.6. The molecule has 5 nitrogen and oxygen atoms in total. The molecule has 5 heterocycles. The van der Waals surface area contributed by atoms with Crippen molar-refractivity contribution in [1.29, 1.82) is 0 Å². The topological polar surface area (TPSA) is 48.3 Å². The van der Waals surface area contributed by atoms with E-state index in [0.29, 0.717) is 11.7 Å². The van der Waals surface area contributed by atoms with Gasteiger partial charge in [-0.05, 0) is 87.0 Å². The van der Waals surface area contributed by atoms with Crippen LogP contribution in [0, 0.1) is 0 Å². The number of allylic oxidation sites excluding steroid dienone is 1. The van der Waals surface area contributed by atoms with Crippen LogP contribution in [0.5, 0.6) is 0 Å². The molecule has 0 unspecified atom stereocenters. The summed E-state index contributed by atoms with van der Waals surface area (Å²) in [6.07, 6.45) is 3.24. The summed E-state index contributed by atoms with van der Waals surface area (Å²) in [6.45, 7) is 0. The fraction of sp³-hybridized carbons (Fsp3) is 0.0169. The fourth-order valence-electron chi connectivity index (χ4n) is 11.2. The lowest BCUT2D eigenvalue weighted by Crippen LogP contribution is -2.03. The third kappa shape index (κ3) is 4.47. The molecule has 5 heteroatoms. The van der Waals surface area contributed by atoms with Crippen molar-refractivity contribution >= 4 is 98.3 Å². The van der Waals surface area contributed by atoms with Crippen molar-refractivity contribution in [3.63, 3.8) is 0 Å². The van der Waals surface area contributed by atoms with E-state index in [1.165, 1.54) is 87.6 Å². The van der Waals surface area contributed by atoms with Crippen molar-refractivity contribution in [1.82, 2.24) is 18.9 Å². The van der Waals surface area contributed by atoms with E-state index >= 15 is 0 Å². The minimum Gasteiger partial charge on any atom is -0.437 e. The Morgan fingerprint density at radius 2 is 1.16 bits per heavy atom. The minimum atomic E-state index is 0.565. The second kappa shape index (κ2) is 12.5. The Morgan fingerprint density at radius 3 is 2.05 bits per heavy atom. The largest absolute Gasteiger partial charge is 0.437 e. The van der Waals surface area contributed by atoms with Crippen LogP contribution in [0.1, 0.15) is 16.7 Å². The molecule has 0 radical (unpaired) electrons. The number of furan rings is 1. The van der Waals surface area contributed by atoms with Gasteiger partial charge < -0.3 is 8.82 Å². The molecule has 15 rings (SSSR count). The minimum absolute atomic E-state index is 0.565. The molecule has 1 aliphatic rings. The third-order valence-corrected chi connectivity index (χ3v) is 13.9. The fourth-order valence-corrected chi connectivity index (χ4v) is 11.2. The van der Waals surface area contributed by atoms with Crippen LogP contribution in [-0.2, 0) is 6.42 Å². The Kier molecular flexibility index (Phi) is 6.67. The number of hydrogen-bond donors (Lipinski definition) is 0. The van der Waals surface area contributed by atoms with Crippen molar-refractivity contribution in [2.45, 2.75) is 6.42 Å². The molecular weight excluding hydrogens is 781 g/mol. The monoisotopic (exact) mass is 814 g/mol. The first-order chi connectivity index (χ1) is 31.8. The van der Waals surface area contributed by atoms with Gasteiger partial charge in [0.1, 0.15) is 5.58 Å². The molecule has 0 fully saturated rings. The van der Waals surface area contributed by atoms with Crippen molar-refractivity contribution in [3.8, 4) is 28.3 Å². The van der Waals surface area contributed by atoms with Gasteiger partial charge in [0.25, 0.3) is 0 Å². The summed E-state index contributed by atoms with van der Waals surface area (Å²) < 4.78 is 11.5. The van der Waals surface area contributed by atoms with Crippen molar-refractivity contribution in [2.24, 2.45) is 0 Å². The number of nitrogens with zero attached hydrogens (tertiary/aromatic N) is 4. The van der Waals surface area contributed by atoms with Gasteiger partial charge in [0, 0.05) is 43.3 Å². The number of rotatable bonds is 4. The van der Waals surface area contributed by atoms with Crippen LogP contribution in [0.2, 0.25) is 0 Å². The Labute approximate surface area is 365 Å². The molecule has 9 aromatic carbocycles. The summed E-state index contributed by atoms with van der Waals surface area (Å²) in [5.41, 5.74) is 16.5. The van der Waals surface area contributed by atoms with E-state index in [1.54, 1.807) is 0 Å². The number of para-hydroxylation sites is 3. The van der Waals surface area contributed by atoms with Gasteiger partial charge in [-0.25, -0.2) is 4.98 Å². The van der Waals surface area contributed by atoms with Crippen LogP contribution >= 0.6 is 0 Å². The predicted molar refractivity (Wildman–Crippen MR) is 264 cm³/mol. The lowest BCUT2D eigenvalue weighted by Gasteiger charge is -2.11. The highest BCUT2D eigenvalue weighted by Crippen LogP contribution is 2.50. The first kappa shape index (κ1) is 34.1. The highest BCUT2D eigenvalue weighted by molar-refractivity contribution is 6.38. The zero-order valence-electron chi connectivity index (χ0n) is 34.4. The molecule has 14 aromatic rings. The van der Waals surface area contributed by atoms with E-state index in [9.17, 15) is 0 Å². The van der Waals surface area contributed by atoms with Crippen molar-refractivity contribution < 1.29 is 4.42 Å². The summed E-state index contributed by atoms with van der Waals surface area (Å²) in [5, 5.41) is 11.7. The summed E-state index contributed by atoms with van der Waals surface area (Å²) in [7, 11) is 0. The SMILES string of the molecule is C(/Cc1ccccc1)=C1\c2ccccc2-c2cc(-c3nc(-n4c5ccccc5c5c6c7c8ccccc8ccc7n7c8ccccc8c(cc54)c67)nc4oc5ccccc5c34)ccc21. The number of hydrogen-bond acceptors (Lipinski definition) is 3. The third-order valence-electron chi connectivity index (χ3n) is 13.9. The average Bonchev–Trinajstić information content (AvgIpc) is 4.15. The summed E-state index contributed by atoms with van der Waals surface area (Å²) in [4.78, 5) is 11.1. The van der Waals surface area contributed by atoms with Crippen LogP contribution in [0.25, 0.3) is 127 Å². The molecule has 5 aromatic heterocycles. The molecular formula is C59H34N4O. The summed E-state index contributed by atoms with van der Waals surface area (Å²) in [5.74, 6) is 0.573. The van der Waals surface area contributed by atoms with E-state index in [1.807, 2.05) is 12.1 Å². The van der Waals surface area contributed by atoms with Crippen LogP contribution in [-0.4, -0.2) is 18.9 Å². The summed E-state index contributed by atoms with van der Waals surface area (Å²) >= 11 is 0. The van der Waals surface area contributed by atoms with E-state index < -0.39 is 0 Å². The lowest BCUT2D eigenvalue weighted by molar-refractivity contribution is 0.651. The molecule has 0 amide bonds. The van der Waals surface area contributed by atoms with Crippen molar-refractivity contribution in [3.05, 3.63) is 211 Å². The van der Waals surface area contributed by atoms with Gasteiger partial charge in [-0.3, -0.25) is 4.57 Å². The molecule has 296 valence electrons. The second-order valence-corrected chi connectivity index (χ2v) is 17.2. The van der Waals surface area contributed by atoms with Gasteiger partial charge in [-0.15, -0.1) is 0 Å². The van der Waals surface area contributed by atoms with Gasteiger partial charge in [0.2, 0.25) is 11.7 Å². The maximum atomic E-state index is 6.70. The predicted octanol–water partition coefficient (Wildman–Crippen LogP) is 15.1. The highest BCUT2D eigenvalue weighted by atomic mass is 16.3. The van der Waals surface area contributed by atoms with Crippen LogP contribution in [0.3, 0.4) is 0 Å². The molecule has 64 heavy (non-hydrogen) atoms. The first-order valence-electron chi connectivity index (χ1n) is 22.0. The van der Waals surface area contributed by atoms with Gasteiger partial charge in [-0.2, -0.15) is 4.98 Å². The lowest BCUT2D eigenvalue weighted by atomic mass is 9.98. The van der Waals surface area contributed by atoms with Crippen molar-refractivity contribution in [2.75, 3.05) is 0 Å². The second-order valence-electron chi connectivity index (χ2n) is 17.2. The summed E-state index contributed by atoms with van der Waals surface area (Å²) in [6, 6.07) is 67.8. The van der Waals surface area contributed by atoms with Crippen LogP contribution in [0.4, 0.5) is 0 Å². The van der Waals surface area contributed by atoms with E-state index in [0.717, 1.165) is 50.5 Å². The number of aromatic nitrogens is 4. The zero-order valence-corrected chi connectivity index (χ0v) is 34.4. The van der Waals surface area contributed by atoms with Gasteiger partial charge in [-0.1, -0.05) is 158 Å². The molecule has 0 bridgehead atoms. The van der Waals surface area contributed by atoms with Gasteiger partial charge in [0.05, 0.1) is 38.7 Å². The molecule has 1 aliphatic carbocycles. The normalized spacial score (nSPS) is 13.4. The van der Waals surface area contributed by atoms with E-state index in [2.05, 4.69) is 191 Å². The smallest absolute Gasteiger partial charge is 0.238 e. The van der Waals surface area contributed by atoms with E-state index in [4.69, 9.17) is 14.4 Å². The maximum absolute atomic E-state index is 6.70. The molecule has 0 N–H and O–H groups in total. The Bertz CT molecular complexity index is 4340. The highest BCUT2D eigenvalue weighted by Gasteiger charge is 2.28. The van der Waals surface area contributed by atoms with E-state index in [-0.39, 0.29) is 0 Å². The average molecular weight is 815 g/mol. The molecule has 0 saturated heterocycles. The molecule has 0 atom stereocenters. The van der Waals surface area contributed by atoms with Crippen LogP contribution < -0.4 is 0 Å². The Morgan fingerprint density at radius 1 is 0.453 bits per heavy atom. The molecule has 0 aliphatic heterocycles. The number of benzene rings is 9. The standard InChI is InChI=1S/C59H34N4O/c1-2-14-34(15-3-1)26-29-40-38-18-6-7-19-39(38)45-32-36(27-30-41(40)45)56-54-44-22-10-13-25-51(44)64-58(54)61-59(60-56)63-48-24-12-9-21-43(48)53-50(63)33-46-42-20-8-11-23-47(42)62-49-31-28-35-16-4-5-17-37(35)52(49)55(53)57(46)62/h1-25,27-33H,26H2/b40-29-. The maximum Gasteiger partial charge on any atom is 0.238 e. The Hall–Kier alpha value is -8.54.